The minimum absolute atomic E-state index is 0.158. The maximum Gasteiger partial charge on any atom is 0.338 e. The van der Waals surface area contributed by atoms with Gasteiger partial charge in [0.2, 0.25) is 0 Å². The fourth-order valence-corrected chi connectivity index (χ4v) is 2.67. The van der Waals surface area contributed by atoms with E-state index in [9.17, 15) is 4.79 Å². The first-order chi connectivity index (χ1) is 8.56. The highest BCUT2D eigenvalue weighted by Gasteiger charge is 2.13. The molecule has 0 spiro atoms. The quantitative estimate of drug-likeness (QED) is 0.866. The third-order valence-electron chi connectivity index (χ3n) is 2.26. The molecular formula is C13H10ClNO2S. The molecule has 3 nitrogen and oxygen atoms in total. The monoisotopic (exact) mass is 279 g/mol. The summed E-state index contributed by atoms with van der Waals surface area (Å²) in [4.78, 5) is 16.1. The minimum Gasteiger partial charge on any atom is -0.478 e. The summed E-state index contributed by atoms with van der Waals surface area (Å²) in [5.41, 5.74) is 1.27. The molecule has 0 amide bonds. The highest BCUT2D eigenvalue weighted by atomic mass is 35.5. The molecule has 1 aromatic carbocycles. The largest absolute Gasteiger partial charge is 0.478 e. The first kappa shape index (κ1) is 12.9. The van der Waals surface area contributed by atoms with Crippen molar-refractivity contribution in [3.8, 4) is 0 Å². The zero-order valence-corrected chi connectivity index (χ0v) is 11.1. The number of nitrogens with zero attached hydrogens (tertiary/aromatic N) is 1. The Bertz CT molecular complexity index is 601. The summed E-state index contributed by atoms with van der Waals surface area (Å²) in [7, 11) is 0. The van der Waals surface area contributed by atoms with E-state index in [-0.39, 0.29) is 10.7 Å². The number of hydrogen-bond acceptors (Lipinski definition) is 3. The van der Waals surface area contributed by atoms with Crippen molar-refractivity contribution in [3.63, 3.8) is 0 Å². The Morgan fingerprint density at radius 3 is 2.78 bits per heavy atom. The Hall–Kier alpha value is -1.52. The molecule has 0 fully saturated rings. The van der Waals surface area contributed by atoms with E-state index < -0.39 is 5.97 Å². The van der Waals surface area contributed by atoms with Gasteiger partial charge in [0.05, 0.1) is 5.56 Å². The Kier molecular flexibility index (Phi) is 3.89. The van der Waals surface area contributed by atoms with E-state index in [0.29, 0.717) is 5.03 Å². The van der Waals surface area contributed by atoms with E-state index in [1.165, 1.54) is 23.9 Å². The van der Waals surface area contributed by atoms with Crippen molar-refractivity contribution in [1.82, 2.24) is 4.98 Å². The number of aromatic carboxylic acids is 1. The van der Waals surface area contributed by atoms with Crippen molar-refractivity contribution in [3.05, 3.63) is 52.7 Å². The second kappa shape index (κ2) is 5.42. The molecule has 0 bridgehead atoms. The van der Waals surface area contributed by atoms with Crippen molar-refractivity contribution in [2.45, 2.75) is 16.8 Å². The van der Waals surface area contributed by atoms with Crippen LogP contribution in [0.5, 0.6) is 0 Å². The summed E-state index contributed by atoms with van der Waals surface area (Å²) in [6.07, 6.45) is 0. The van der Waals surface area contributed by atoms with Gasteiger partial charge in [-0.2, -0.15) is 0 Å². The van der Waals surface area contributed by atoms with Gasteiger partial charge in [0.25, 0.3) is 0 Å². The Labute approximate surface area is 114 Å². The second-order valence-electron chi connectivity index (χ2n) is 3.71. The first-order valence-corrected chi connectivity index (χ1v) is 6.40. The lowest BCUT2D eigenvalue weighted by Gasteiger charge is -2.05. The lowest BCUT2D eigenvalue weighted by Crippen LogP contribution is -2.00. The van der Waals surface area contributed by atoms with E-state index >= 15 is 0 Å². The lowest BCUT2D eigenvalue weighted by atomic mass is 10.2. The topological polar surface area (TPSA) is 50.2 Å². The highest BCUT2D eigenvalue weighted by Crippen LogP contribution is 2.30. The third kappa shape index (κ3) is 3.03. The van der Waals surface area contributed by atoms with Crippen molar-refractivity contribution in [2.75, 3.05) is 0 Å². The zero-order valence-electron chi connectivity index (χ0n) is 9.55. The number of carboxylic acid groups (broad SMARTS) is 1. The van der Waals surface area contributed by atoms with Gasteiger partial charge in [0.15, 0.2) is 0 Å². The molecule has 92 valence electrons. The van der Waals surface area contributed by atoms with Gasteiger partial charge in [-0.05, 0) is 31.2 Å². The summed E-state index contributed by atoms with van der Waals surface area (Å²) in [5, 5.41) is 9.78. The van der Waals surface area contributed by atoms with Crippen LogP contribution >= 0.6 is 23.4 Å². The fraction of sp³-hybridized carbons (Fsp3) is 0.0769. The van der Waals surface area contributed by atoms with Crippen molar-refractivity contribution >= 4 is 29.3 Å². The van der Waals surface area contributed by atoms with Crippen LogP contribution in [0.3, 0.4) is 0 Å². The van der Waals surface area contributed by atoms with Crippen molar-refractivity contribution < 1.29 is 9.90 Å². The fourth-order valence-electron chi connectivity index (χ4n) is 1.45. The molecule has 0 unspecified atom stereocenters. The number of pyridine rings is 1. The molecule has 0 atom stereocenters. The molecule has 0 aliphatic heterocycles. The first-order valence-electron chi connectivity index (χ1n) is 5.20. The SMILES string of the molecule is Cc1cccc(Sc2nc(Cl)ccc2C(=O)O)c1. The van der Waals surface area contributed by atoms with Crippen LogP contribution in [0.15, 0.2) is 46.3 Å². The third-order valence-corrected chi connectivity index (χ3v) is 3.47. The molecule has 1 heterocycles. The number of halogens is 1. The Morgan fingerprint density at radius 1 is 1.33 bits per heavy atom. The molecule has 1 aromatic heterocycles. The maximum atomic E-state index is 11.1. The van der Waals surface area contributed by atoms with Gasteiger partial charge in [0.1, 0.15) is 10.2 Å². The molecule has 1 N–H and O–H groups in total. The number of carbonyl (C=O) groups is 1. The maximum absolute atomic E-state index is 11.1. The number of carboxylic acids is 1. The summed E-state index contributed by atoms with van der Waals surface area (Å²) in [5.74, 6) is -1.01. The van der Waals surface area contributed by atoms with E-state index in [1.54, 1.807) is 0 Å². The summed E-state index contributed by atoms with van der Waals surface area (Å²) in [6.45, 7) is 1.98. The molecule has 2 rings (SSSR count). The molecule has 0 saturated carbocycles. The summed E-state index contributed by atoms with van der Waals surface area (Å²) < 4.78 is 0. The van der Waals surface area contributed by atoms with E-state index in [2.05, 4.69) is 4.98 Å². The van der Waals surface area contributed by atoms with Crippen LogP contribution in [-0.2, 0) is 0 Å². The normalized spacial score (nSPS) is 10.3. The molecule has 0 saturated heterocycles. The minimum atomic E-state index is -1.01. The zero-order chi connectivity index (χ0) is 13.1. The summed E-state index contributed by atoms with van der Waals surface area (Å²) >= 11 is 7.10. The van der Waals surface area contributed by atoms with Gasteiger partial charge in [0, 0.05) is 4.90 Å². The lowest BCUT2D eigenvalue weighted by molar-refractivity contribution is 0.0692. The number of rotatable bonds is 3. The number of aryl methyl sites for hydroxylation is 1. The molecule has 2 aromatic rings. The van der Waals surface area contributed by atoms with Crippen LogP contribution in [0.25, 0.3) is 0 Å². The Balaban J connectivity index is 2.39. The van der Waals surface area contributed by atoms with E-state index in [0.717, 1.165) is 10.5 Å². The van der Waals surface area contributed by atoms with Gasteiger partial charge >= 0.3 is 5.97 Å². The summed E-state index contributed by atoms with van der Waals surface area (Å²) in [6, 6.07) is 10.7. The molecule has 0 aliphatic carbocycles. The van der Waals surface area contributed by atoms with Crippen LogP contribution in [0.4, 0.5) is 0 Å². The average Bonchev–Trinajstić information content (AvgIpc) is 2.28. The molecule has 18 heavy (non-hydrogen) atoms. The Morgan fingerprint density at radius 2 is 2.11 bits per heavy atom. The van der Waals surface area contributed by atoms with Crippen LogP contribution in [0.2, 0.25) is 5.15 Å². The van der Waals surface area contributed by atoms with Crippen LogP contribution < -0.4 is 0 Å². The standard InChI is InChI=1S/C13H10ClNO2S/c1-8-3-2-4-9(7-8)18-12-10(13(16)17)5-6-11(14)15-12/h2-7H,1H3,(H,16,17). The van der Waals surface area contributed by atoms with Crippen molar-refractivity contribution in [1.29, 1.82) is 0 Å². The van der Waals surface area contributed by atoms with Crippen LogP contribution in [-0.4, -0.2) is 16.1 Å². The predicted octanol–water partition coefficient (Wildman–Crippen LogP) is 3.89. The van der Waals surface area contributed by atoms with Gasteiger partial charge < -0.3 is 5.11 Å². The highest BCUT2D eigenvalue weighted by molar-refractivity contribution is 7.99. The second-order valence-corrected chi connectivity index (χ2v) is 5.16. The van der Waals surface area contributed by atoms with E-state index in [1.807, 2.05) is 31.2 Å². The van der Waals surface area contributed by atoms with Crippen LogP contribution in [0, 0.1) is 6.92 Å². The van der Waals surface area contributed by atoms with Gasteiger partial charge in [-0.25, -0.2) is 9.78 Å². The average molecular weight is 280 g/mol. The van der Waals surface area contributed by atoms with Gasteiger partial charge in [-0.15, -0.1) is 0 Å². The van der Waals surface area contributed by atoms with Gasteiger partial charge in [-0.1, -0.05) is 41.1 Å². The number of aromatic nitrogens is 1. The smallest absolute Gasteiger partial charge is 0.338 e. The number of benzene rings is 1. The van der Waals surface area contributed by atoms with Crippen LogP contribution in [0.1, 0.15) is 15.9 Å². The van der Waals surface area contributed by atoms with Crippen molar-refractivity contribution in [2.24, 2.45) is 0 Å². The van der Waals surface area contributed by atoms with E-state index in [4.69, 9.17) is 16.7 Å². The molecule has 5 heteroatoms. The molecular weight excluding hydrogens is 270 g/mol. The molecule has 0 aliphatic rings. The number of hydrogen-bond donors (Lipinski definition) is 1. The van der Waals surface area contributed by atoms with Gasteiger partial charge in [-0.3, -0.25) is 0 Å². The predicted molar refractivity (Wildman–Crippen MR) is 71.5 cm³/mol. The molecule has 0 radical (unpaired) electrons.